The van der Waals surface area contributed by atoms with Gasteiger partial charge in [-0.1, -0.05) is 40.5 Å². The largest absolute Gasteiger partial charge is 0.481 e. The van der Waals surface area contributed by atoms with E-state index in [0.717, 1.165) is 38.8 Å². The Morgan fingerprint density at radius 1 is 1.10 bits per heavy atom. The zero-order valence-corrected chi connectivity index (χ0v) is 13.3. The summed E-state index contributed by atoms with van der Waals surface area (Å²) in [5.41, 5.74) is 0. The van der Waals surface area contributed by atoms with Crippen LogP contribution in [0.2, 0.25) is 0 Å². The molecule has 0 aromatic carbocycles. The summed E-state index contributed by atoms with van der Waals surface area (Å²) < 4.78 is 0. The van der Waals surface area contributed by atoms with E-state index in [1.54, 1.807) is 0 Å². The van der Waals surface area contributed by atoms with E-state index in [0.29, 0.717) is 0 Å². The Kier molecular flexibility index (Phi) is 9.86. The van der Waals surface area contributed by atoms with Gasteiger partial charge in [-0.2, -0.15) is 0 Å². The molecule has 2 N–H and O–H groups in total. The van der Waals surface area contributed by atoms with Gasteiger partial charge in [0.1, 0.15) is 0 Å². The van der Waals surface area contributed by atoms with Crippen molar-refractivity contribution in [3.05, 3.63) is 0 Å². The summed E-state index contributed by atoms with van der Waals surface area (Å²) in [6.07, 6.45) is 4.00. The van der Waals surface area contributed by atoms with Crippen molar-refractivity contribution in [2.24, 2.45) is 5.92 Å². The van der Waals surface area contributed by atoms with Crippen molar-refractivity contribution in [1.82, 2.24) is 10.2 Å². The maximum absolute atomic E-state index is 12.3. The molecule has 0 rings (SSSR count). The summed E-state index contributed by atoms with van der Waals surface area (Å²) >= 11 is 0. The normalized spacial score (nSPS) is 12.2. The Morgan fingerprint density at radius 3 is 1.95 bits per heavy atom. The number of nitrogens with one attached hydrogen (secondary N) is 1. The predicted octanol–water partition coefficient (Wildman–Crippen LogP) is 3.10. The average Bonchev–Trinajstić information content (AvgIpc) is 2.37. The zero-order valence-electron chi connectivity index (χ0n) is 13.3. The molecule has 1 atom stereocenters. The smallest absolute Gasteiger partial charge is 0.317 e. The number of hydrogen-bond acceptors (Lipinski definition) is 2. The lowest BCUT2D eigenvalue weighted by atomic mass is 10.0. The van der Waals surface area contributed by atoms with Gasteiger partial charge < -0.3 is 15.3 Å². The molecule has 1 unspecified atom stereocenters. The van der Waals surface area contributed by atoms with Gasteiger partial charge in [-0.15, -0.1) is 0 Å². The van der Waals surface area contributed by atoms with Crippen LogP contribution in [-0.4, -0.2) is 41.1 Å². The molecule has 0 fully saturated rings. The van der Waals surface area contributed by atoms with Gasteiger partial charge in [-0.3, -0.25) is 4.79 Å². The minimum atomic E-state index is -0.877. The third-order valence-corrected chi connectivity index (χ3v) is 3.36. The van der Waals surface area contributed by atoms with Crippen molar-refractivity contribution in [3.63, 3.8) is 0 Å². The van der Waals surface area contributed by atoms with Gasteiger partial charge in [0.15, 0.2) is 0 Å². The quantitative estimate of drug-likeness (QED) is 0.648. The standard InChI is InChI=1S/C15H30N2O3/c1-5-7-9-17(10-8-6-2)15(20)16-13(12(3)4)11-14(18)19/h12-13H,5-11H2,1-4H3,(H,16,20)(H,18,19). The topological polar surface area (TPSA) is 69.6 Å². The fourth-order valence-electron chi connectivity index (χ4n) is 1.90. The summed E-state index contributed by atoms with van der Waals surface area (Å²) in [6.45, 7) is 9.52. The van der Waals surface area contributed by atoms with E-state index >= 15 is 0 Å². The highest BCUT2D eigenvalue weighted by molar-refractivity contribution is 5.76. The molecule has 5 heteroatoms. The van der Waals surface area contributed by atoms with E-state index in [1.807, 2.05) is 18.7 Å². The van der Waals surface area contributed by atoms with Crippen molar-refractivity contribution in [1.29, 1.82) is 0 Å². The maximum atomic E-state index is 12.3. The minimum Gasteiger partial charge on any atom is -0.481 e. The van der Waals surface area contributed by atoms with Crippen LogP contribution in [0, 0.1) is 5.92 Å². The molecule has 0 radical (unpaired) electrons. The number of nitrogens with zero attached hydrogens (tertiary/aromatic N) is 1. The van der Waals surface area contributed by atoms with Gasteiger partial charge in [-0.05, 0) is 18.8 Å². The molecule has 118 valence electrons. The fraction of sp³-hybridized carbons (Fsp3) is 0.867. The molecule has 0 saturated heterocycles. The molecule has 0 saturated carbocycles. The third kappa shape index (κ3) is 8.02. The second-order valence-corrected chi connectivity index (χ2v) is 5.59. The molecule has 0 aliphatic carbocycles. The van der Waals surface area contributed by atoms with E-state index in [1.165, 1.54) is 0 Å². The van der Waals surface area contributed by atoms with Crippen LogP contribution >= 0.6 is 0 Å². The van der Waals surface area contributed by atoms with Crippen molar-refractivity contribution in [3.8, 4) is 0 Å². The van der Waals surface area contributed by atoms with Crippen LogP contribution in [0.25, 0.3) is 0 Å². The Morgan fingerprint density at radius 2 is 1.60 bits per heavy atom. The first-order valence-corrected chi connectivity index (χ1v) is 7.69. The van der Waals surface area contributed by atoms with Crippen molar-refractivity contribution in [2.75, 3.05) is 13.1 Å². The first kappa shape index (κ1) is 18.7. The highest BCUT2D eigenvalue weighted by atomic mass is 16.4. The number of unbranched alkanes of at least 4 members (excludes halogenated alkanes) is 2. The number of urea groups is 1. The van der Waals surface area contributed by atoms with E-state index in [9.17, 15) is 9.59 Å². The Labute approximate surface area is 122 Å². The Hall–Kier alpha value is -1.26. The van der Waals surface area contributed by atoms with Gasteiger partial charge in [-0.25, -0.2) is 4.79 Å². The second kappa shape index (κ2) is 10.5. The van der Waals surface area contributed by atoms with Crippen molar-refractivity contribution in [2.45, 2.75) is 65.8 Å². The molecule has 0 aromatic rings. The van der Waals surface area contributed by atoms with Crippen LogP contribution in [0.5, 0.6) is 0 Å². The van der Waals surface area contributed by atoms with Gasteiger partial charge in [0.2, 0.25) is 0 Å². The number of carboxylic acid groups (broad SMARTS) is 1. The molecule has 0 spiro atoms. The molecule has 0 aromatic heterocycles. The number of carbonyl (C=O) groups excluding carboxylic acids is 1. The first-order chi connectivity index (χ1) is 9.42. The molecule has 0 bridgehead atoms. The minimum absolute atomic E-state index is 0.0290. The summed E-state index contributed by atoms with van der Waals surface area (Å²) in [6, 6.07) is -0.447. The van der Waals surface area contributed by atoms with E-state index < -0.39 is 5.97 Å². The van der Waals surface area contributed by atoms with Crippen LogP contribution in [0.3, 0.4) is 0 Å². The number of aliphatic carboxylic acids is 1. The molecule has 20 heavy (non-hydrogen) atoms. The van der Waals surface area contributed by atoms with Crippen molar-refractivity contribution < 1.29 is 14.7 Å². The summed E-state index contributed by atoms with van der Waals surface area (Å²) in [5.74, 6) is -0.771. The van der Waals surface area contributed by atoms with Gasteiger partial charge in [0.05, 0.1) is 6.42 Å². The molecule has 5 nitrogen and oxygen atoms in total. The number of rotatable bonds is 10. The number of amides is 2. The lowest BCUT2D eigenvalue weighted by Crippen LogP contribution is -2.48. The van der Waals surface area contributed by atoms with Gasteiger partial charge in [0, 0.05) is 19.1 Å². The van der Waals surface area contributed by atoms with Gasteiger partial charge in [0.25, 0.3) is 0 Å². The lowest BCUT2D eigenvalue weighted by Gasteiger charge is -2.27. The van der Waals surface area contributed by atoms with Crippen LogP contribution < -0.4 is 5.32 Å². The molecular formula is C15H30N2O3. The van der Waals surface area contributed by atoms with E-state index in [4.69, 9.17) is 5.11 Å². The van der Waals surface area contributed by atoms with Crippen LogP contribution in [0.15, 0.2) is 0 Å². The molecular weight excluding hydrogens is 256 g/mol. The lowest BCUT2D eigenvalue weighted by molar-refractivity contribution is -0.137. The number of carboxylic acids is 1. The van der Waals surface area contributed by atoms with Crippen LogP contribution in [0.4, 0.5) is 4.79 Å². The molecule has 0 aliphatic heterocycles. The van der Waals surface area contributed by atoms with Crippen molar-refractivity contribution >= 4 is 12.0 Å². The predicted molar refractivity (Wildman–Crippen MR) is 80.8 cm³/mol. The highest BCUT2D eigenvalue weighted by Gasteiger charge is 2.22. The first-order valence-electron chi connectivity index (χ1n) is 7.69. The molecule has 0 heterocycles. The monoisotopic (exact) mass is 286 g/mol. The fourth-order valence-corrected chi connectivity index (χ4v) is 1.90. The summed E-state index contributed by atoms with van der Waals surface area (Å²) in [7, 11) is 0. The zero-order chi connectivity index (χ0) is 15.5. The molecule has 2 amide bonds. The summed E-state index contributed by atoms with van der Waals surface area (Å²) in [4.78, 5) is 24.9. The Balaban J connectivity index is 4.55. The van der Waals surface area contributed by atoms with Gasteiger partial charge >= 0.3 is 12.0 Å². The maximum Gasteiger partial charge on any atom is 0.317 e. The SMILES string of the molecule is CCCCN(CCCC)C(=O)NC(CC(=O)O)C(C)C. The van der Waals surface area contributed by atoms with Crippen LogP contribution in [-0.2, 0) is 4.79 Å². The van der Waals surface area contributed by atoms with E-state index in [2.05, 4.69) is 19.2 Å². The summed E-state index contributed by atoms with van der Waals surface area (Å²) in [5, 5.41) is 11.8. The van der Waals surface area contributed by atoms with E-state index in [-0.39, 0.29) is 24.4 Å². The molecule has 0 aliphatic rings. The number of hydrogen-bond donors (Lipinski definition) is 2. The Bertz CT molecular complexity index is 285. The van der Waals surface area contributed by atoms with Crippen LogP contribution in [0.1, 0.15) is 59.8 Å². The third-order valence-electron chi connectivity index (χ3n) is 3.36. The average molecular weight is 286 g/mol. The second-order valence-electron chi connectivity index (χ2n) is 5.59. The number of carbonyl (C=O) groups is 2. The highest BCUT2D eigenvalue weighted by Crippen LogP contribution is 2.08.